The summed E-state index contributed by atoms with van der Waals surface area (Å²) in [6.45, 7) is 9.48. The molecule has 0 spiro atoms. The fourth-order valence-electron chi connectivity index (χ4n) is 4.16. The number of aryl methyl sites for hydroxylation is 1. The highest BCUT2D eigenvalue weighted by molar-refractivity contribution is 6.18. The summed E-state index contributed by atoms with van der Waals surface area (Å²) >= 11 is 0. The Hall–Kier alpha value is -3.48. The van der Waals surface area contributed by atoms with Crippen molar-refractivity contribution in [3.8, 4) is 0 Å². The predicted molar refractivity (Wildman–Crippen MR) is 120 cm³/mol. The molecule has 1 N–H and O–H groups in total. The Morgan fingerprint density at radius 3 is 2.69 bits per heavy atom. The first-order valence-corrected chi connectivity index (χ1v) is 10.6. The van der Waals surface area contributed by atoms with Gasteiger partial charge in [0.15, 0.2) is 0 Å². The first-order valence-electron chi connectivity index (χ1n) is 10.6. The number of hydrogen-bond donors (Lipinski definition) is 1. The number of nitrogens with one attached hydrogen (secondary N) is 1. The Kier molecular flexibility index (Phi) is 5.36. The summed E-state index contributed by atoms with van der Waals surface area (Å²) in [5, 5.41) is 0. The van der Waals surface area contributed by atoms with E-state index in [4.69, 9.17) is 4.74 Å². The Morgan fingerprint density at radius 2 is 2.00 bits per heavy atom. The molecule has 0 unspecified atom stereocenters. The van der Waals surface area contributed by atoms with Gasteiger partial charge in [0.1, 0.15) is 5.82 Å². The third-order valence-electron chi connectivity index (χ3n) is 5.58. The number of benzene rings is 1. The minimum Gasteiger partial charge on any atom is -0.459 e. The van der Waals surface area contributed by atoms with Crippen LogP contribution in [0.1, 0.15) is 54.9 Å². The van der Waals surface area contributed by atoms with Gasteiger partial charge in [-0.05, 0) is 56.7 Å². The number of carbonyl (C=O) groups excluding carboxylic acids is 2. The summed E-state index contributed by atoms with van der Waals surface area (Å²) in [5.74, 6) is -1.22. The molecule has 32 heavy (non-hydrogen) atoms. The largest absolute Gasteiger partial charge is 0.459 e. The molecule has 4 rings (SSSR count). The van der Waals surface area contributed by atoms with E-state index in [0.717, 1.165) is 16.6 Å². The zero-order valence-electron chi connectivity index (χ0n) is 18.8. The third-order valence-corrected chi connectivity index (χ3v) is 5.58. The van der Waals surface area contributed by atoms with Gasteiger partial charge in [0, 0.05) is 35.5 Å². The number of esters is 1. The number of aromatic nitrogens is 2. The Morgan fingerprint density at radius 1 is 1.25 bits per heavy atom. The second-order valence-corrected chi connectivity index (χ2v) is 9.05. The van der Waals surface area contributed by atoms with E-state index in [1.165, 1.54) is 29.3 Å². The number of aromatic amines is 1. The molecule has 1 aromatic carbocycles. The van der Waals surface area contributed by atoms with Crippen molar-refractivity contribution in [1.82, 2.24) is 14.9 Å². The van der Waals surface area contributed by atoms with Crippen LogP contribution in [0.4, 0.5) is 4.39 Å². The van der Waals surface area contributed by atoms with Crippen molar-refractivity contribution in [2.75, 3.05) is 6.54 Å². The van der Waals surface area contributed by atoms with Crippen LogP contribution in [0.15, 0.2) is 42.7 Å². The first kappa shape index (κ1) is 21.7. The molecular weight excluding hydrogens is 409 g/mol. The molecule has 0 saturated carbocycles. The molecule has 1 aliphatic rings. The van der Waals surface area contributed by atoms with Crippen molar-refractivity contribution in [2.45, 2.75) is 46.1 Å². The van der Waals surface area contributed by atoms with E-state index in [-0.39, 0.29) is 23.4 Å². The molecule has 0 fully saturated rings. The molecule has 2 aromatic heterocycles. The quantitative estimate of drug-likeness (QED) is 0.603. The summed E-state index contributed by atoms with van der Waals surface area (Å²) in [5.41, 5.74) is 3.46. The van der Waals surface area contributed by atoms with Gasteiger partial charge in [-0.2, -0.15) is 0 Å². The molecule has 6 nitrogen and oxygen atoms in total. The number of H-pyrrole nitrogens is 1. The SMILES string of the molecule is Cc1cc(C(=O)N2C=C(C(=O)OC(C)C)c3[nH]c4cccnc4c3C(C)(C)C2)ccc1F. The second-order valence-electron chi connectivity index (χ2n) is 9.05. The molecule has 0 radical (unpaired) electrons. The number of ether oxygens (including phenoxy) is 1. The van der Waals surface area contributed by atoms with E-state index in [0.29, 0.717) is 23.4 Å². The average molecular weight is 435 g/mol. The van der Waals surface area contributed by atoms with Gasteiger partial charge in [0.2, 0.25) is 0 Å². The van der Waals surface area contributed by atoms with Crippen LogP contribution >= 0.6 is 0 Å². The highest BCUT2D eigenvalue weighted by atomic mass is 19.1. The number of carbonyl (C=O) groups is 2. The summed E-state index contributed by atoms with van der Waals surface area (Å²) in [6.07, 6.45) is 2.92. The zero-order valence-corrected chi connectivity index (χ0v) is 18.8. The topological polar surface area (TPSA) is 75.3 Å². The van der Waals surface area contributed by atoms with E-state index in [9.17, 15) is 14.0 Å². The monoisotopic (exact) mass is 435 g/mol. The second kappa shape index (κ2) is 7.89. The van der Waals surface area contributed by atoms with Gasteiger partial charge in [-0.1, -0.05) is 13.8 Å². The molecule has 166 valence electrons. The van der Waals surface area contributed by atoms with Crippen LogP contribution in [-0.4, -0.2) is 39.4 Å². The van der Waals surface area contributed by atoms with Crippen LogP contribution < -0.4 is 0 Å². The van der Waals surface area contributed by atoms with E-state index in [1.54, 1.807) is 27.0 Å². The molecule has 0 aliphatic carbocycles. The summed E-state index contributed by atoms with van der Waals surface area (Å²) < 4.78 is 19.3. The lowest BCUT2D eigenvalue weighted by Crippen LogP contribution is -2.37. The Balaban J connectivity index is 1.89. The van der Waals surface area contributed by atoms with Crippen molar-refractivity contribution in [3.05, 3.63) is 70.9 Å². The molecule has 0 atom stereocenters. The van der Waals surface area contributed by atoms with Crippen LogP contribution in [0.25, 0.3) is 16.6 Å². The summed E-state index contributed by atoms with van der Waals surface area (Å²) in [6, 6.07) is 7.99. The van der Waals surface area contributed by atoms with Crippen LogP contribution in [-0.2, 0) is 14.9 Å². The molecule has 0 bridgehead atoms. The van der Waals surface area contributed by atoms with Gasteiger partial charge in [0.25, 0.3) is 5.91 Å². The lowest BCUT2D eigenvalue weighted by atomic mass is 9.83. The van der Waals surface area contributed by atoms with Gasteiger partial charge in [0.05, 0.1) is 28.4 Å². The van der Waals surface area contributed by atoms with Crippen LogP contribution in [0.2, 0.25) is 0 Å². The normalized spacial score (nSPS) is 15.3. The number of nitrogens with zero attached hydrogens (tertiary/aromatic N) is 2. The van der Waals surface area contributed by atoms with E-state index in [1.807, 2.05) is 26.0 Å². The lowest BCUT2D eigenvalue weighted by Gasteiger charge is -2.29. The van der Waals surface area contributed by atoms with Crippen LogP contribution in [0.5, 0.6) is 0 Å². The smallest absolute Gasteiger partial charge is 0.342 e. The van der Waals surface area contributed by atoms with Crippen molar-refractivity contribution >= 4 is 28.5 Å². The first-order chi connectivity index (χ1) is 15.1. The Labute approximate surface area is 186 Å². The highest BCUT2D eigenvalue weighted by Crippen LogP contribution is 2.39. The molecule has 7 heteroatoms. The average Bonchev–Trinajstić information content (AvgIpc) is 3.06. The number of pyridine rings is 1. The molecule has 1 amide bonds. The van der Waals surface area contributed by atoms with Crippen molar-refractivity contribution < 1.29 is 18.7 Å². The molecule has 0 saturated heterocycles. The lowest BCUT2D eigenvalue weighted by molar-refractivity contribution is -0.140. The summed E-state index contributed by atoms with van der Waals surface area (Å²) in [4.78, 5) is 35.9. The zero-order chi connectivity index (χ0) is 23.2. The summed E-state index contributed by atoms with van der Waals surface area (Å²) in [7, 11) is 0. The van der Waals surface area contributed by atoms with Gasteiger partial charge in [-0.15, -0.1) is 0 Å². The maximum atomic E-state index is 13.8. The van der Waals surface area contributed by atoms with Gasteiger partial charge in [-0.25, -0.2) is 9.18 Å². The van der Waals surface area contributed by atoms with Gasteiger partial charge < -0.3 is 14.6 Å². The number of rotatable bonds is 3. The number of amides is 1. The van der Waals surface area contributed by atoms with Crippen molar-refractivity contribution in [2.24, 2.45) is 0 Å². The highest BCUT2D eigenvalue weighted by Gasteiger charge is 2.38. The molecule has 3 aromatic rings. The number of halogens is 1. The van der Waals surface area contributed by atoms with Crippen molar-refractivity contribution in [1.29, 1.82) is 0 Å². The minimum atomic E-state index is -0.539. The van der Waals surface area contributed by atoms with Crippen molar-refractivity contribution in [3.63, 3.8) is 0 Å². The number of fused-ring (bicyclic) bond motifs is 3. The maximum Gasteiger partial charge on any atom is 0.342 e. The minimum absolute atomic E-state index is 0.254. The van der Waals surface area contributed by atoms with E-state index in [2.05, 4.69) is 9.97 Å². The predicted octanol–water partition coefficient (Wildman–Crippen LogP) is 4.74. The fraction of sp³-hybridized carbons (Fsp3) is 0.320. The Bertz CT molecular complexity index is 1260. The third kappa shape index (κ3) is 3.79. The molecule has 1 aliphatic heterocycles. The molecular formula is C25H26FN3O3. The maximum absolute atomic E-state index is 13.8. The standard InChI is InChI=1S/C25H26FN3O3/c1-14(2)32-24(31)17-12-29(23(30)16-8-9-18(26)15(3)11-16)13-25(4,5)20-21(17)28-19-7-6-10-27-22(19)20/h6-12,14,28H,13H2,1-5H3. The van der Waals surface area contributed by atoms with Gasteiger partial charge >= 0.3 is 5.97 Å². The van der Waals surface area contributed by atoms with E-state index >= 15 is 0 Å². The fourth-order valence-corrected chi connectivity index (χ4v) is 4.16. The van der Waals surface area contributed by atoms with E-state index < -0.39 is 11.4 Å². The number of hydrogen-bond acceptors (Lipinski definition) is 4. The molecule has 3 heterocycles. The van der Waals surface area contributed by atoms with Gasteiger partial charge in [-0.3, -0.25) is 9.78 Å². The van der Waals surface area contributed by atoms with Crippen LogP contribution in [0, 0.1) is 12.7 Å². The van der Waals surface area contributed by atoms with Crippen LogP contribution in [0.3, 0.4) is 0 Å².